The summed E-state index contributed by atoms with van der Waals surface area (Å²) in [5, 5.41) is 9.29. The molecule has 51 heavy (non-hydrogen) atoms. The number of aryl methyl sites for hydroxylation is 3. The lowest BCUT2D eigenvalue weighted by Crippen LogP contribution is -2.48. The fourth-order valence-electron chi connectivity index (χ4n) is 6.00. The molecule has 0 saturated carbocycles. The normalized spacial score (nSPS) is 13.8. The number of carbonyl (C=O) groups is 2. The smallest absolute Gasteiger partial charge is 0.262 e. The number of rotatable bonds is 14. The first kappa shape index (κ1) is 37.1. The van der Waals surface area contributed by atoms with Gasteiger partial charge in [0.1, 0.15) is 5.56 Å². The number of hydrogen-bond acceptors (Lipinski definition) is 9. The van der Waals surface area contributed by atoms with E-state index in [-0.39, 0.29) is 29.3 Å². The number of hydrogen-bond donors (Lipinski definition) is 3. The van der Waals surface area contributed by atoms with Crippen LogP contribution in [-0.2, 0) is 11.2 Å². The average molecular weight is 694 g/mol. The Morgan fingerprint density at radius 3 is 2.27 bits per heavy atom. The number of para-hydroxylation sites is 1. The number of nitrogens with zero attached hydrogens (tertiary/aromatic N) is 4. The van der Waals surface area contributed by atoms with Crippen LogP contribution >= 0.6 is 0 Å². The molecule has 0 aliphatic carbocycles. The Balaban J connectivity index is 1.37. The van der Waals surface area contributed by atoms with Crippen molar-refractivity contribution in [2.24, 2.45) is 0 Å². The zero-order valence-corrected chi connectivity index (χ0v) is 30.9. The number of aromatic nitrogens is 2. The zero-order valence-electron chi connectivity index (χ0n) is 30.9. The van der Waals surface area contributed by atoms with E-state index in [1.807, 2.05) is 70.2 Å². The van der Waals surface area contributed by atoms with Gasteiger partial charge in [-0.15, -0.1) is 0 Å². The third-order valence-electron chi connectivity index (χ3n) is 9.35. The van der Waals surface area contributed by atoms with E-state index in [2.05, 4.69) is 61.7 Å². The first-order valence-corrected chi connectivity index (χ1v) is 17.8. The molecule has 0 bridgehead atoms. The number of methoxy groups -OCH3 is 1. The number of nitrogens with one attached hydrogen (secondary N) is 3. The van der Waals surface area contributed by atoms with E-state index in [4.69, 9.17) is 9.47 Å². The molecule has 1 fully saturated rings. The van der Waals surface area contributed by atoms with Gasteiger partial charge in [0.25, 0.3) is 5.91 Å². The van der Waals surface area contributed by atoms with Gasteiger partial charge in [-0.25, -0.2) is 4.98 Å². The highest BCUT2D eigenvalue weighted by Gasteiger charge is 2.22. The molecule has 2 heterocycles. The topological polar surface area (TPSA) is 121 Å². The van der Waals surface area contributed by atoms with Gasteiger partial charge in [-0.05, 0) is 101 Å². The standard InChI is InChI=1S/C40H51N7O4/c1-8-29(6)42-36(48)19-13-30-12-18-34(35(24-30)50-7)51-39-33(38(49)44-37-27(4)10-9-11-28(37)5)25-41-40(45-39)43-31-14-16-32(17-15-31)47-22-20-46(21-23-47)26(2)3/h9-12,14-18,24-26,29H,8,13,19-23H2,1-7H3,(H,42,48)(H,44,49)(H,41,43,45)/t29-/m0/s1. The Hall–Kier alpha value is -5.16. The van der Waals surface area contributed by atoms with Crippen LogP contribution in [0.15, 0.2) is 66.9 Å². The maximum Gasteiger partial charge on any atom is 0.262 e. The predicted octanol–water partition coefficient (Wildman–Crippen LogP) is 7.27. The summed E-state index contributed by atoms with van der Waals surface area (Å²) in [6.07, 6.45) is 3.23. The van der Waals surface area contributed by atoms with Crippen molar-refractivity contribution in [1.82, 2.24) is 20.2 Å². The molecule has 1 atom stereocenters. The predicted molar refractivity (Wildman–Crippen MR) is 204 cm³/mol. The Morgan fingerprint density at radius 2 is 1.63 bits per heavy atom. The van der Waals surface area contributed by atoms with Gasteiger partial charge in [0.05, 0.1) is 7.11 Å². The second kappa shape index (κ2) is 17.2. The van der Waals surface area contributed by atoms with Crippen LogP contribution in [-0.4, -0.2) is 72.1 Å². The molecule has 5 rings (SSSR count). The Labute approximate surface area is 301 Å². The van der Waals surface area contributed by atoms with Crippen molar-refractivity contribution in [3.63, 3.8) is 0 Å². The van der Waals surface area contributed by atoms with Crippen LogP contribution in [0.25, 0.3) is 0 Å². The molecule has 11 heteroatoms. The SMILES string of the molecule is CC[C@H](C)NC(=O)CCc1ccc(Oc2nc(Nc3ccc(N4CCN(C(C)C)CC4)cc3)ncc2C(=O)Nc2c(C)cccc2C)c(OC)c1. The number of carbonyl (C=O) groups excluding carboxylic acids is 2. The van der Waals surface area contributed by atoms with Crippen LogP contribution in [0.2, 0.25) is 0 Å². The number of amides is 2. The molecule has 270 valence electrons. The highest BCUT2D eigenvalue weighted by Crippen LogP contribution is 2.34. The summed E-state index contributed by atoms with van der Waals surface area (Å²) in [4.78, 5) is 40.2. The number of anilines is 4. The zero-order chi connectivity index (χ0) is 36.5. The van der Waals surface area contributed by atoms with Gasteiger partial charge in [-0.2, -0.15) is 4.98 Å². The van der Waals surface area contributed by atoms with Crippen molar-refractivity contribution in [3.8, 4) is 17.4 Å². The van der Waals surface area contributed by atoms with Gasteiger partial charge in [-0.3, -0.25) is 14.5 Å². The van der Waals surface area contributed by atoms with E-state index in [0.29, 0.717) is 30.4 Å². The van der Waals surface area contributed by atoms with Gasteiger partial charge >= 0.3 is 0 Å². The molecule has 3 aromatic carbocycles. The molecule has 1 saturated heterocycles. The second-order valence-corrected chi connectivity index (χ2v) is 13.4. The largest absolute Gasteiger partial charge is 0.493 e. The molecule has 2 amide bonds. The highest BCUT2D eigenvalue weighted by atomic mass is 16.5. The van der Waals surface area contributed by atoms with Crippen molar-refractivity contribution in [3.05, 3.63) is 89.1 Å². The maximum absolute atomic E-state index is 13.7. The molecule has 11 nitrogen and oxygen atoms in total. The number of piperazine rings is 1. The molecule has 0 radical (unpaired) electrons. The third kappa shape index (κ3) is 9.76. The molecule has 1 aliphatic rings. The monoisotopic (exact) mass is 693 g/mol. The summed E-state index contributed by atoms with van der Waals surface area (Å²) < 4.78 is 12.0. The lowest BCUT2D eigenvalue weighted by atomic mass is 10.1. The average Bonchev–Trinajstić information content (AvgIpc) is 3.13. The van der Waals surface area contributed by atoms with Crippen LogP contribution in [0.5, 0.6) is 17.4 Å². The molecule has 1 aromatic heterocycles. The van der Waals surface area contributed by atoms with E-state index < -0.39 is 5.91 Å². The summed E-state index contributed by atoms with van der Waals surface area (Å²) in [5.41, 5.74) is 5.64. The van der Waals surface area contributed by atoms with E-state index in [1.165, 1.54) is 11.9 Å². The van der Waals surface area contributed by atoms with Crippen molar-refractivity contribution in [2.75, 3.05) is 48.8 Å². The van der Waals surface area contributed by atoms with Crippen molar-refractivity contribution in [2.45, 2.75) is 72.9 Å². The number of ether oxygens (including phenoxy) is 2. The van der Waals surface area contributed by atoms with E-state index in [0.717, 1.165) is 60.7 Å². The minimum atomic E-state index is -0.404. The van der Waals surface area contributed by atoms with Gasteiger partial charge in [0.15, 0.2) is 11.5 Å². The molecule has 1 aliphatic heterocycles. The van der Waals surface area contributed by atoms with Crippen LogP contribution < -0.4 is 30.3 Å². The van der Waals surface area contributed by atoms with Crippen LogP contribution in [0.1, 0.15) is 67.6 Å². The van der Waals surface area contributed by atoms with Crippen molar-refractivity contribution < 1.29 is 19.1 Å². The quantitative estimate of drug-likeness (QED) is 0.125. The third-order valence-corrected chi connectivity index (χ3v) is 9.35. The summed E-state index contributed by atoms with van der Waals surface area (Å²) in [7, 11) is 1.55. The molecular weight excluding hydrogens is 642 g/mol. The Bertz CT molecular complexity index is 1780. The summed E-state index contributed by atoms with van der Waals surface area (Å²) in [5.74, 6) is 0.763. The summed E-state index contributed by atoms with van der Waals surface area (Å²) in [6, 6.07) is 20.2. The first-order chi connectivity index (χ1) is 24.5. The minimum absolute atomic E-state index is 0.00307. The highest BCUT2D eigenvalue weighted by molar-refractivity contribution is 6.06. The van der Waals surface area contributed by atoms with Crippen LogP contribution in [0, 0.1) is 13.8 Å². The van der Waals surface area contributed by atoms with Crippen molar-refractivity contribution in [1.29, 1.82) is 0 Å². The lowest BCUT2D eigenvalue weighted by molar-refractivity contribution is -0.121. The van der Waals surface area contributed by atoms with Crippen molar-refractivity contribution >= 4 is 34.8 Å². The van der Waals surface area contributed by atoms with Gasteiger partial charge in [0, 0.05) is 67.9 Å². The Morgan fingerprint density at radius 1 is 0.922 bits per heavy atom. The molecule has 0 unspecified atom stereocenters. The molecule has 0 spiro atoms. The van der Waals surface area contributed by atoms with E-state index in [1.54, 1.807) is 13.2 Å². The van der Waals surface area contributed by atoms with Crippen LogP contribution in [0.4, 0.5) is 23.0 Å². The first-order valence-electron chi connectivity index (χ1n) is 17.8. The molecule has 4 aromatic rings. The second-order valence-electron chi connectivity index (χ2n) is 13.4. The lowest BCUT2D eigenvalue weighted by Gasteiger charge is -2.38. The summed E-state index contributed by atoms with van der Waals surface area (Å²) >= 11 is 0. The fourth-order valence-corrected chi connectivity index (χ4v) is 6.00. The minimum Gasteiger partial charge on any atom is -0.493 e. The molecule has 3 N–H and O–H groups in total. The Kier molecular flexibility index (Phi) is 12.5. The summed E-state index contributed by atoms with van der Waals surface area (Å²) in [6.45, 7) is 16.5. The number of benzene rings is 3. The van der Waals surface area contributed by atoms with Crippen LogP contribution in [0.3, 0.4) is 0 Å². The molecular formula is C40H51N7O4. The maximum atomic E-state index is 13.7. The van der Waals surface area contributed by atoms with E-state index >= 15 is 0 Å². The van der Waals surface area contributed by atoms with Gasteiger partial charge < -0.3 is 30.3 Å². The van der Waals surface area contributed by atoms with Gasteiger partial charge in [0.2, 0.25) is 17.7 Å². The fraction of sp³-hybridized carbons (Fsp3) is 0.400. The van der Waals surface area contributed by atoms with Gasteiger partial charge in [-0.1, -0.05) is 31.2 Å². The van der Waals surface area contributed by atoms with E-state index in [9.17, 15) is 9.59 Å².